The fourth-order valence-electron chi connectivity index (χ4n) is 3.37. The Morgan fingerprint density at radius 3 is 2.68 bits per heavy atom. The van der Waals surface area contributed by atoms with Gasteiger partial charge in [0.25, 0.3) is 5.91 Å². The van der Waals surface area contributed by atoms with Crippen LogP contribution in [0.25, 0.3) is 0 Å². The number of nitrogens with zero attached hydrogens (tertiary/aromatic N) is 2. The molecule has 3 rings (SSSR count). The summed E-state index contributed by atoms with van der Waals surface area (Å²) >= 11 is 0. The minimum absolute atomic E-state index is 0.156. The van der Waals surface area contributed by atoms with Gasteiger partial charge >= 0.3 is 0 Å². The lowest BCUT2D eigenvalue weighted by Crippen LogP contribution is -2.52. The van der Waals surface area contributed by atoms with Crippen LogP contribution in [0.4, 0.5) is 5.69 Å². The van der Waals surface area contributed by atoms with E-state index in [9.17, 15) is 4.79 Å². The average molecular weight is 302 g/mol. The summed E-state index contributed by atoms with van der Waals surface area (Å²) in [5.41, 5.74) is 1.11. The fraction of sp³-hybridized carbons (Fsp3) is 0.611. The zero-order valence-electron chi connectivity index (χ0n) is 13.6. The van der Waals surface area contributed by atoms with Crippen LogP contribution in [0.5, 0.6) is 5.75 Å². The minimum atomic E-state index is -0.369. The van der Waals surface area contributed by atoms with Crippen LogP contribution in [0, 0.1) is 5.92 Å². The highest BCUT2D eigenvalue weighted by Crippen LogP contribution is 2.34. The molecule has 120 valence electrons. The number of hydrogen-bond acceptors (Lipinski definition) is 3. The second-order valence-electron chi connectivity index (χ2n) is 6.76. The third-order valence-corrected chi connectivity index (χ3v) is 4.39. The molecule has 1 saturated heterocycles. The highest BCUT2D eigenvalue weighted by atomic mass is 16.5. The first kappa shape index (κ1) is 15.2. The number of carbonyl (C=O) groups excluding carboxylic acids is 1. The van der Waals surface area contributed by atoms with E-state index in [4.69, 9.17) is 4.74 Å². The van der Waals surface area contributed by atoms with Crippen LogP contribution in [0.15, 0.2) is 24.3 Å². The van der Waals surface area contributed by atoms with Crippen molar-refractivity contribution in [2.75, 3.05) is 31.1 Å². The normalized spacial score (nSPS) is 21.5. The van der Waals surface area contributed by atoms with Gasteiger partial charge in [-0.15, -0.1) is 0 Å². The Morgan fingerprint density at radius 2 is 1.95 bits per heavy atom. The van der Waals surface area contributed by atoms with Crippen LogP contribution < -0.4 is 9.64 Å². The molecule has 2 heterocycles. The van der Waals surface area contributed by atoms with Gasteiger partial charge in [0.15, 0.2) is 6.10 Å². The second-order valence-corrected chi connectivity index (χ2v) is 6.76. The van der Waals surface area contributed by atoms with Gasteiger partial charge < -0.3 is 14.5 Å². The zero-order chi connectivity index (χ0) is 15.5. The molecule has 1 aromatic carbocycles. The molecule has 0 aromatic heterocycles. The van der Waals surface area contributed by atoms with Crippen LogP contribution in [-0.4, -0.2) is 43.1 Å². The molecule has 1 unspecified atom stereocenters. The molecule has 1 fully saturated rings. The molecule has 1 atom stereocenters. The highest BCUT2D eigenvalue weighted by molar-refractivity contribution is 5.83. The van der Waals surface area contributed by atoms with Crippen molar-refractivity contribution in [2.45, 2.75) is 39.2 Å². The summed E-state index contributed by atoms with van der Waals surface area (Å²) in [5, 5.41) is 0. The molecule has 0 N–H and O–H groups in total. The third-order valence-electron chi connectivity index (χ3n) is 4.39. The van der Waals surface area contributed by atoms with Crippen molar-refractivity contribution in [3.05, 3.63) is 24.3 Å². The summed E-state index contributed by atoms with van der Waals surface area (Å²) in [4.78, 5) is 17.1. The number of hydrogen-bond donors (Lipinski definition) is 0. The topological polar surface area (TPSA) is 32.8 Å². The van der Waals surface area contributed by atoms with Crippen molar-refractivity contribution < 1.29 is 9.53 Å². The summed E-state index contributed by atoms with van der Waals surface area (Å²) in [6, 6.07) is 8.06. The summed E-state index contributed by atoms with van der Waals surface area (Å²) in [5.74, 6) is 1.55. The quantitative estimate of drug-likeness (QED) is 0.860. The number of amides is 1. The fourth-order valence-corrected chi connectivity index (χ4v) is 3.37. The Hall–Kier alpha value is -1.71. The number of carbonyl (C=O) groups is 1. The van der Waals surface area contributed by atoms with Gasteiger partial charge in [0, 0.05) is 19.6 Å². The second kappa shape index (κ2) is 6.59. The van der Waals surface area contributed by atoms with E-state index in [-0.39, 0.29) is 12.0 Å². The van der Waals surface area contributed by atoms with Gasteiger partial charge in [-0.2, -0.15) is 0 Å². The molecule has 0 spiro atoms. The number of ether oxygens (including phenoxy) is 1. The van der Waals surface area contributed by atoms with E-state index in [2.05, 4.69) is 24.8 Å². The first-order chi connectivity index (χ1) is 10.6. The van der Waals surface area contributed by atoms with Crippen molar-refractivity contribution in [3.63, 3.8) is 0 Å². The van der Waals surface area contributed by atoms with Crippen molar-refractivity contribution in [1.82, 2.24) is 4.90 Å². The van der Waals surface area contributed by atoms with E-state index in [1.807, 2.05) is 23.1 Å². The maximum absolute atomic E-state index is 12.8. The number of fused-ring (bicyclic) bond motifs is 1. The molecular formula is C18H26N2O2. The lowest BCUT2D eigenvalue weighted by Gasteiger charge is -2.39. The molecule has 22 heavy (non-hydrogen) atoms. The van der Waals surface area contributed by atoms with Gasteiger partial charge in [-0.1, -0.05) is 26.0 Å². The van der Waals surface area contributed by atoms with E-state index in [0.717, 1.165) is 43.9 Å². The number of anilines is 1. The molecule has 4 heteroatoms. The lowest BCUT2D eigenvalue weighted by atomic mass is 10.1. The molecule has 1 aromatic rings. The summed E-state index contributed by atoms with van der Waals surface area (Å²) < 4.78 is 6.03. The summed E-state index contributed by atoms with van der Waals surface area (Å²) in [7, 11) is 0. The van der Waals surface area contributed by atoms with Crippen LogP contribution in [0.2, 0.25) is 0 Å². The predicted molar refractivity (Wildman–Crippen MR) is 88.3 cm³/mol. The lowest BCUT2D eigenvalue weighted by molar-refractivity contribution is -0.139. The van der Waals surface area contributed by atoms with Gasteiger partial charge in [0.1, 0.15) is 5.75 Å². The molecular weight excluding hydrogens is 276 g/mol. The maximum Gasteiger partial charge on any atom is 0.265 e. The number of likely N-dealkylation sites (tertiary alicyclic amines) is 1. The molecule has 1 amide bonds. The monoisotopic (exact) mass is 302 g/mol. The summed E-state index contributed by atoms with van der Waals surface area (Å²) in [6.45, 7) is 7.78. The van der Waals surface area contributed by atoms with Crippen molar-refractivity contribution in [2.24, 2.45) is 5.92 Å². The SMILES string of the molecule is CC(C)CN1CC(C(=O)N2CCCCC2)Oc2ccccc21. The van der Waals surface area contributed by atoms with Gasteiger partial charge in [-0.05, 0) is 37.3 Å². The average Bonchev–Trinajstić information content (AvgIpc) is 2.54. The van der Waals surface area contributed by atoms with E-state index in [1.54, 1.807) is 0 Å². The van der Waals surface area contributed by atoms with Crippen molar-refractivity contribution in [1.29, 1.82) is 0 Å². The summed E-state index contributed by atoms with van der Waals surface area (Å²) in [6.07, 6.45) is 3.10. The Labute approximate surface area is 133 Å². The van der Waals surface area contributed by atoms with Crippen LogP contribution in [-0.2, 0) is 4.79 Å². The van der Waals surface area contributed by atoms with E-state index in [0.29, 0.717) is 12.5 Å². The molecule has 2 aliphatic heterocycles. The molecule has 2 aliphatic rings. The van der Waals surface area contributed by atoms with E-state index in [1.165, 1.54) is 6.42 Å². The zero-order valence-corrected chi connectivity index (χ0v) is 13.6. The highest BCUT2D eigenvalue weighted by Gasteiger charge is 2.33. The van der Waals surface area contributed by atoms with Crippen LogP contribution in [0.1, 0.15) is 33.1 Å². The van der Waals surface area contributed by atoms with Crippen molar-refractivity contribution >= 4 is 11.6 Å². The first-order valence-electron chi connectivity index (χ1n) is 8.44. The van der Waals surface area contributed by atoms with Gasteiger partial charge in [0.2, 0.25) is 0 Å². The molecule has 4 nitrogen and oxygen atoms in total. The first-order valence-corrected chi connectivity index (χ1v) is 8.44. The number of para-hydroxylation sites is 2. The van der Waals surface area contributed by atoms with Crippen LogP contribution >= 0.6 is 0 Å². The predicted octanol–water partition coefficient (Wildman–Crippen LogP) is 2.92. The van der Waals surface area contributed by atoms with E-state index >= 15 is 0 Å². The Kier molecular flexibility index (Phi) is 4.55. The Bertz CT molecular complexity index is 524. The van der Waals surface area contributed by atoms with Crippen LogP contribution in [0.3, 0.4) is 0 Å². The largest absolute Gasteiger partial charge is 0.477 e. The molecule has 0 bridgehead atoms. The number of benzene rings is 1. The van der Waals surface area contributed by atoms with Gasteiger partial charge in [0.05, 0.1) is 12.2 Å². The van der Waals surface area contributed by atoms with E-state index < -0.39 is 0 Å². The smallest absolute Gasteiger partial charge is 0.265 e. The molecule has 0 radical (unpaired) electrons. The van der Waals surface area contributed by atoms with Gasteiger partial charge in [-0.25, -0.2) is 0 Å². The van der Waals surface area contributed by atoms with Gasteiger partial charge in [-0.3, -0.25) is 4.79 Å². The van der Waals surface area contributed by atoms with Crippen molar-refractivity contribution in [3.8, 4) is 5.75 Å². The Morgan fingerprint density at radius 1 is 1.23 bits per heavy atom. The standard InChI is InChI=1S/C18H26N2O2/c1-14(2)12-20-13-17(18(21)19-10-6-3-7-11-19)22-16-9-5-4-8-15(16)20/h4-5,8-9,14,17H,3,6-7,10-13H2,1-2H3. The maximum atomic E-state index is 12.8. The number of piperidine rings is 1. The third kappa shape index (κ3) is 3.21. The Balaban J connectivity index is 1.78. The minimum Gasteiger partial charge on any atom is -0.477 e. The molecule has 0 aliphatic carbocycles. The number of rotatable bonds is 3. The molecule has 0 saturated carbocycles.